The van der Waals surface area contributed by atoms with Crippen molar-refractivity contribution < 1.29 is 26.7 Å². The van der Waals surface area contributed by atoms with Gasteiger partial charge >= 0.3 is 6.18 Å². The molecule has 154 valence electrons. The van der Waals surface area contributed by atoms with Gasteiger partial charge in [0, 0.05) is 17.3 Å². The highest BCUT2D eigenvalue weighted by atomic mass is 19.4. The minimum Gasteiger partial charge on any atom is -0.496 e. The molecule has 0 bridgehead atoms. The van der Waals surface area contributed by atoms with Crippen LogP contribution >= 0.6 is 0 Å². The summed E-state index contributed by atoms with van der Waals surface area (Å²) in [6.07, 6.45) is -2.83. The van der Waals surface area contributed by atoms with Crippen molar-refractivity contribution in [2.45, 2.75) is 6.18 Å². The van der Waals surface area contributed by atoms with Crippen molar-refractivity contribution >= 4 is 22.4 Å². The summed E-state index contributed by atoms with van der Waals surface area (Å²) in [5, 5.41) is 3.63. The molecule has 2 aromatic carbocycles. The largest absolute Gasteiger partial charge is 0.496 e. The summed E-state index contributed by atoms with van der Waals surface area (Å²) in [7, 11) is 1.34. The molecule has 4 aromatic rings. The molecule has 2 heterocycles. The van der Waals surface area contributed by atoms with Crippen LogP contribution in [0.15, 0.2) is 54.7 Å². The third kappa shape index (κ3) is 3.54. The fraction of sp³-hybridized carbons (Fsp3) is 0.0952. The molecule has 0 aliphatic carbocycles. The molecule has 0 atom stereocenters. The van der Waals surface area contributed by atoms with Crippen LogP contribution in [0.4, 0.5) is 33.3 Å². The number of methoxy groups -OCH3 is 1. The number of alkyl halides is 3. The number of hydrogen-bond donors (Lipinski definition) is 2. The molecule has 0 saturated heterocycles. The lowest BCUT2D eigenvalue weighted by atomic mass is 10.1. The molecule has 0 fully saturated rings. The Morgan fingerprint density at radius 2 is 1.70 bits per heavy atom. The number of ether oxygens (including phenoxy) is 1. The Labute approximate surface area is 167 Å². The van der Waals surface area contributed by atoms with Crippen LogP contribution in [0.1, 0.15) is 5.56 Å². The molecule has 0 spiro atoms. The summed E-state index contributed by atoms with van der Waals surface area (Å²) >= 11 is 0. The number of H-pyrrole nitrogens is 1. The molecule has 0 radical (unpaired) electrons. The van der Waals surface area contributed by atoms with Crippen LogP contribution in [0.3, 0.4) is 0 Å². The summed E-state index contributed by atoms with van der Waals surface area (Å²) in [6, 6.07) is 10.0. The van der Waals surface area contributed by atoms with Crippen LogP contribution in [0.25, 0.3) is 22.3 Å². The van der Waals surface area contributed by atoms with Crippen LogP contribution in [0.2, 0.25) is 0 Å². The number of pyridine rings is 1. The van der Waals surface area contributed by atoms with Gasteiger partial charge in [-0.15, -0.1) is 0 Å². The van der Waals surface area contributed by atoms with Gasteiger partial charge in [0.25, 0.3) is 0 Å². The maximum atomic E-state index is 14.3. The van der Waals surface area contributed by atoms with E-state index in [1.807, 2.05) is 0 Å². The van der Waals surface area contributed by atoms with E-state index in [1.54, 1.807) is 12.3 Å². The minimum atomic E-state index is -4.41. The summed E-state index contributed by atoms with van der Waals surface area (Å²) < 4.78 is 71.3. The second-order valence-corrected chi connectivity index (χ2v) is 6.43. The summed E-state index contributed by atoms with van der Waals surface area (Å²) in [5.41, 5.74) is 0.712. The molecule has 9 heteroatoms. The number of aromatic nitrogens is 2. The van der Waals surface area contributed by atoms with E-state index in [0.717, 1.165) is 18.2 Å². The van der Waals surface area contributed by atoms with Gasteiger partial charge in [-0.3, -0.25) is 0 Å². The molecule has 4 nitrogen and oxygen atoms in total. The maximum absolute atomic E-state index is 14.3. The molecule has 0 aliphatic rings. The Bertz CT molecular complexity index is 1220. The van der Waals surface area contributed by atoms with Gasteiger partial charge in [-0.1, -0.05) is 0 Å². The van der Waals surface area contributed by atoms with Crippen LogP contribution in [0.5, 0.6) is 5.75 Å². The standard InChI is InChI=1S/C21H14F5N3O/c1-30-17-9-7-14(22)19(23)18(17)15-8-6-13-16(10-27-20(13)29-15)28-12-4-2-11(3-5-12)21(24,25)26/h2-10,28H,1H3,(H,27,29). The van der Waals surface area contributed by atoms with Crippen molar-refractivity contribution in [2.24, 2.45) is 0 Å². The Kier molecular flexibility index (Phi) is 4.81. The second-order valence-electron chi connectivity index (χ2n) is 6.43. The second kappa shape index (κ2) is 7.33. The summed E-state index contributed by atoms with van der Waals surface area (Å²) in [4.78, 5) is 7.25. The third-order valence-corrected chi connectivity index (χ3v) is 4.56. The predicted molar refractivity (Wildman–Crippen MR) is 103 cm³/mol. The topological polar surface area (TPSA) is 49.9 Å². The van der Waals surface area contributed by atoms with Gasteiger partial charge in [0.2, 0.25) is 0 Å². The fourth-order valence-electron chi connectivity index (χ4n) is 3.09. The zero-order chi connectivity index (χ0) is 21.5. The van der Waals surface area contributed by atoms with Gasteiger partial charge in [0.1, 0.15) is 11.4 Å². The highest BCUT2D eigenvalue weighted by molar-refractivity contribution is 5.93. The predicted octanol–water partition coefficient (Wildman–Crippen LogP) is 6.28. The van der Waals surface area contributed by atoms with Crippen molar-refractivity contribution in [3.63, 3.8) is 0 Å². The van der Waals surface area contributed by atoms with Crippen LogP contribution in [0, 0.1) is 11.6 Å². The number of halogens is 5. The monoisotopic (exact) mass is 419 g/mol. The Balaban J connectivity index is 1.68. The number of nitrogens with zero attached hydrogens (tertiary/aromatic N) is 1. The van der Waals surface area contributed by atoms with E-state index in [-0.39, 0.29) is 17.0 Å². The normalized spacial score (nSPS) is 11.7. The summed E-state index contributed by atoms with van der Waals surface area (Å²) in [5.74, 6) is -1.96. The molecular formula is C21H14F5N3O. The van der Waals surface area contributed by atoms with Crippen molar-refractivity contribution in [2.75, 3.05) is 12.4 Å². The molecule has 0 saturated carbocycles. The zero-order valence-electron chi connectivity index (χ0n) is 15.4. The number of benzene rings is 2. The molecule has 2 aromatic heterocycles. The van der Waals surface area contributed by atoms with E-state index in [9.17, 15) is 22.0 Å². The van der Waals surface area contributed by atoms with E-state index in [0.29, 0.717) is 22.4 Å². The van der Waals surface area contributed by atoms with Crippen molar-refractivity contribution in [3.05, 3.63) is 71.9 Å². The quantitative estimate of drug-likeness (QED) is 0.383. The number of anilines is 2. The molecule has 0 unspecified atom stereocenters. The third-order valence-electron chi connectivity index (χ3n) is 4.56. The lowest BCUT2D eigenvalue weighted by Crippen LogP contribution is -2.04. The van der Waals surface area contributed by atoms with Crippen molar-refractivity contribution in [3.8, 4) is 17.0 Å². The smallest absolute Gasteiger partial charge is 0.416 e. The number of nitrogens with one attached hydrogen (secondary N) is 2. The molecule has 30 heavy (non-hydrogen) atoms. The first kappa shape index (κ1) is 19.7. The summed E-state index contributed by atoms with van der Waals surface area (Å²) in [6.45, 7) is 0. The average Bonchev–Trinajstić information content (AvgIpc) is 3.11. The molecule has 0 aliphatic heterocycles. The molecule has 4 rings (SSSR count). The minimum absolute atomic E-state index is 0.105. The van der Waals surface area contributed by atoms with E-state index in [1.165, 1.54) is 31.4 Å². The Morgan fingerprint density at radius 1 is 0.967 bits per heavy atom. The Morgan fingerprint density at radius 3 is 2.37 bits per heavy atom. The average molecular weight is 419 g/mol. The van der Waals surface area contributed by atoms with Crippen molar-refractivity contribution in [1.82, 2.24) is 9.97 Å². The maximum Gasteiger partial charge on any atom is 0.416 e. The van der Waals surface area contributed by atoms with E-state index >= 15 is 0 Å². The number of fused-ring (bicyclic) bond motifs is 1. The first-order chi connectivity index (χ1) is 14.3. The number of aromatic amines is 1. The van der Waals surface area contributed by atoms with Gasteiger partial charge in [-0.05, 0) is 48.5 Å². The lowest BCUT2D eigenvalue weighted by molar-refractivity contribution is -0.137. The molecule has 0 amide bonds. The molecular weight excluding hydrogens is 405 g/mol. The first-order valence-corrected chi connectivity index (χ1v) is 8.72. The van der Waals surface area contributed by atoms with Crippen LogP contribution in [-0.4, -0.2) is 17.1 Å². The van der Waals surface area contributed by atoms with Crippen LogP contribution in [-0.2, 0) is 6.18 Å². The number of hydrogen-bond acceptors (Lipinski definition) is 3. The van der Waals surface area contributed by atoms with Gasteiger partial charge in [0.05, 0.1) is 29.6 Å². The van der Waals surface area contributed by atoms with Gasteiger partial charge in [-0.25, -0.2) is 13.8 Å². The van der Waals surface area contributed by atoms with Gasteiger partial charge < -0.3 is 15.0 Å². The van der Waals surface area contributed by atoms with E-state index < -0.39 is 23.4 Å². The van der Waals surface area contributed by atoms with E-state index in [4.69, 9.17) is 4.74 Å². The fourth-order valence-corrected chi connectivity index (χ4v) is 3.09. The van der Waals surface area contributed by atoms with Gasteiger partial charge in [-0.2, -0.15) is 13.2 Å². The van der Waals surface area contributed by atoms with E-state index in [2.05, 4.69) is 15.3 Å². The highest BCUT2D eigenvalue weighted by Crippen LogP contribution is 2.35. The van der Waals surface area contributed by atoms with Gasteiger partial charge in [0.15, 0.2) is 11.6 Å². The molecule has 2 N–H and O–H groups in total. The Hall–Kier alpha value is -3.62. The zero-order valence-corrected chi connectivity index (χ0v) is 15.4. The highest BCUT2D eigenvalue weighted by Gasteiger charge is 2.30. The SMILES string of the molecule is COc1ccc(F)c(F)c1-c1ccc2c(Nc3ccc(C(F)(F)F)cc3)c[nH]c2n1. The van der Waals surface area contributed by atoms with Crippen LogP contribution < -0.4 is 10.1 Å². The lowest BCUT2D eigenvalue weighted by Gasteiger charge is -2.10. The van der Waals surface area contributed by atoms with Crippen molar-refractivity contribution in [1.29, 1.82) is 0 Å². The first-order valence-electron chi connectivity index (χ1n) is 8.72. The number of rotatable bonds is 4.